The fraction of sp³-hybridized carbons (Fsp3) is 0.667. The number of nitrogens with one attached hydrogen (secondary N) is 2. The third-order valence-corrected chi connectivity index (χ3v) is 2.40. The van der Waals surface area contributed by atoms with E-state index in [2.05, 4.69) is 20.7 Å². The molecule has 0 aliphatic carbocycles. The van der Waals surface area contributed by atoms with Crippen molar-refractivity contribution in [3.63, 3.8) is 0 Å². The van der Waals surface area contributed by atoms with Gasteiger partial charge in [-0.05, 0) is 6.42 Å². The van der Waals surface area contributed by atoms with Crippen LogP contribution in [0, 0.1) is 0 Å². The summed E-state index contributed by atoms with van der Waals surface area (Å²) < 4.78 is 15.3. The Hall–Kier alpha value is -1.48. The van der Waals surface area contributed by atoms with Gasteiger partial charge in [-0.2, -0.15) is 0 Å². The second-order valence-electron chi connectivity index (χ2n) is 4.02. The number of methoxy groups -OCH3 is 2. The Morgan fingerprint density at radius 2 is 1.90 bits per heavy atom. The summed E-state index contributed by atoms with van der Waals surface area (Å²) in [5.41, 5.74) is 2.51. The van der Waals surface area contributed by atoms with E-state index in [1.807, 2.05) is 0 Å². The van der Waals surface area contributed by atoms with E-state index in [1.165, 1.54) is 0 Å². The van der Waals surface area contributed by atoms with E-state index < -0.39 is 0 Å². The fourth-order valence-corrected chi connectivity index (χ4v) is 1.49. The maximum atomic E-state index is 5.37. The van der Waals surface area contributed by atoms with E-state index in [4.69, 9.17) is 20.1 Å². The lowest BCUT2D eigenvalue weighted by Crippen LogP contribution is -2.14. The number of nitrogens with two attached hydrogens (primary N) is 1. The number of aromatic nitrogens is 2. The van der Waals surface area contributed by atoms with Gasteiger partial charge in [0.1, 0.15) is 18.2 Å². The number of hydrogen-bond donors (Lipinski definition) is 3. The van der Waals surface area contributed by atoms with Crippen LogP contribution in [0.3, 0.4) is 0 Å². The highest BCUT2D eigenvalue weighted by molar-refractivity contribution is 5.46. The molecule has 20 heavy (non-hydrogen) atoms. The third kappa shape index (κ3) is 6.62. The highest BCUT2D eigenvalue weighted by Crippen LogP contribution is 2.10. The smallest absolute Gasteiger partial charge is 0.158 e. The maximum Gasteiger partial charge on any atom is 0.158 e. The monoisotopic (exact) mass is 285 g/mol. The summed E-state index contributed by atoms with van der Waals surface area (Å²) in [4.78, 5) is 8.48. The topological polar surface area (TPSA) is 104 Å². The Labute approximate surface area is 119 Å². The Kier molecular flexibility index (Phi) is 8.56. The molecule has 0 spiro atoms. The van der Waals surface area contributed by atoms with Crippen LogP contribution in [0.15, 0.2) is 6.07 Å². The van der Waals surface area contributed by atoms with Crippen molar-refractivity contribution in [2.45, 2.75) is 13.0 Å². The Morgan fingerprint density at radius 1 is 1.10 bits per heavy atom. The average Bonchev–Trinajstić information content (AvgIpc) is 2.46. The van der Waals surface area contributed by atoms with Gasteiger partial charge in [-0.25, -0.2) is 15.8 Å². The van der Waals surface area contributed by atoms with Gasteiger partial charge in [0.15, 0.2) is 5.82 Å². The summed E-state index contributed by atoms with van der Waals surface area (Å²) in [5.74, 6) is 7.19. The average molecular weight is 285 g/mol. The highest BCUT2D eigenvalue weighted by Gasteiger charge is 2.03. The SMILES string of the molecule is COCCOCCCNc1cc(NN)nc(COC)n1. The predicted octanol–water partition coefficient (Wildman–Crippen LogP) is 0.374. The normalized spacial score (nSPS) is 10.6. The number of hydrogen-bond acceptors (Lipinski definition) is 8. The van der Waals surface area contributed by atoms with Crippen molar-refractivity contribution in [1.29, 1.82) is 0 Å². The molecule has 0 bridgehead atoms. The van der Waals surface area contributed by atoms with Gasteiger partial charge in [0.05, 0.1) is 13.2 Å². The van der Waals surface area contributed by atoms with E-state index in [0.717, 1.165) is 13.0 Å². The number of anilines is 2. The Balaban J connectivity index is 2.33. The molecule has 0 radical (unpaired) electrons. The number of nitrogen functional groups attached to an aromatic ring is 1. The summed E-state index contributed by atoms with van der Waals surface area (Å²) in [6.07, 6.45) is 0.874. The zero-order valence-electron chi connectivity index (χ0n) is 12.0. The summed E-state index contributed by atoms with van der Waals surface area (Å²) >= 11 is 0. The predicted molar refractivity (Wildman–Crippen MR) is 76.4 cm³/mol. The molecule has 0 amide bonds. The number of hydrazine groups is 1. The molecule has 1 rings (SSSR count). The van der Waals surface area contributed by atoms with Crippen LogP contribution in [0.2, 0.25) is 0 Å². The van der Waals surface area contributed by atoms with Crippen LogP contribution in [0.1, 0.15) is 12.2 Å². The van der Waals surface area contributed by atoms with Crippen LogP contribution in [0.5, 0.6) is 0 Å². The molecule has 0 aliphatic rings. The van der Waals surface area contributed by atoms with Gasteiger partial charge in [-0.1, -0.05) is 0 Å². The first kappa shape index (κ1) is 16.6. The first-order valence-corrected chi connectivity index (χ1v) is 6.44. The van der Waals surface area contributed by atoms with Crippen molar-refractivity contribution in [2.75, 3.05) is 51.3 Å². The van der Waals surface area contributed by atoms with Crippen LogP contribution in [-0.2, 0) is 20.8 Å². The first-order chi connectivity index (χ1) is 9.80. The third-order valence-electron chi connectivity index (χ3n) is 2.40. The van der Waals surface area contributed by atoms with E-state index in [-0.39, 0.29) is 0 Å². The highest BCUT2D eigenvalue weighted by atomic mass is 16.5. The Bertz CT molecular complexity index is 378. The largest absolute Gasteiger partial charge is 0.382 e. The van der Waals surface area contributed by atoms with Crippen LogP contribution in [0.4, 0.5) is 11.6 Å². The van der Waals surface area contributed by atoms with Gasteiger partial charge in [-0.15, -0.1) is 0 Å². The molecular formula is C12H23N5O3. The van der Waals surface area contributed by atoms with Gasteiger partial charge in [-0.3, -0.25) is 0 Å². The van der Waals surface area contributed by atoms with Crippen molar-refractivity contribution in [1.82, 2.24) is 9.97 Å². The first-order valence-electron chi connectivity index (χ1n) is 6.44. The number of nitrogens with zero attached hydrogens (tertiary/aromatic N) is 2. The summed E-state index contributed by atoms with van der Waals surface area (Å²) in [7, 11) is 3.25. The van der Waals surface area contributed by atoms with E-state index in [1.54, 1.807) is 20.3 Å². The molecule has 4 N–H and O–H groups in total. The lowest BCUT2D eigenvalue weighted by Gasteiger charge is -2.09. The zero-order chi connectivity index (χ0) is 14.6. The van der Waals surface area contributed by atoms with E-state index >= 15 is 0 Å². The number of ether oxygens (including phenoxy) is 3. The van der Waals surface area contributed by atoms with Crippen LogP contribution >= 0.6 is 0 Å². The van der Waals surface area contributed by atoms with Gasteiger partial charge in [0.2, 0.25) is 0 Å². The molecule has 0 unspecified atom stereocenters. The molecule has 8 heteroatoms. The number of rotatable bonds is 11. The molecule has 0 aliphatic heterocycles. The minimum Gasteiger partial charge on any atom is -0.382 e. The molecule has 0 fully saturated rings. The summed E-state index contributed by atoms with van der Waals surface area (Å²) in [6, 6.07) is 1.74. The van der Waals surface area contributed by atoms with Crippen LogP contribution < -0.4 is 16.6 Å². The fourth-order valence-electron chi connectivity index (χ4n) is 1.49. The van der Waals surface area contributed by atoms with Crippen molar-refractivity contribution in [3.05, 3.63) is 11.9 Å². The van der Waals surface area contributed by atoms with E-state index in [0.29, 0.717) is 43.9 Å². The van der Waals surface area contributed by atoms with Crippen molar-refractivity contribution >= 4 is 11.6 Å². The lowest BCUT2D eigenvalue weighted by atomic mass is 10.4. The molecule has 0 atom stereocenters. The van der Waals surface area contributed by atoms with Crippen LogP contribution in [-0.4, -0.2) is 50.6 Å². The molecule has 1 aromatic heterocycles. The molecule has 0 saturated carbocycles. The van der Waals surface area contributed by atoms with Gasteiger partial charge >= 0.3 is 0 Å². The minimum atomic E-state index is 0.338. The second kappa shape index (κ2) is 10.3. The van der Waals surface area contributed by atoms with Crippen molar-refractivity contribution in [3.8, 4) is 0 Å². The maximum absolute atomic E-state index is 5.37. The lowest BCUT2D eigenvalue weighted by molar-refractivity contribution is 0.0705. The molecule has 1 aromatic rings. The van der Waals surface area contributed by atoms with Crippen molar-refractivity contribution in [2.24, 2.45) is 5.84 Å². The molecule has 8 nitrogen and oxygen atoms in total. The summed E-state index contributed by atoms with van der Waals surface area (Å²) in [6.45, 7) is 2.99. The molecule has 0 saturated heterocycles. The molecule has 1 heterocycles. The van der Waals surface area contributed by atoms with Crippen molar-refractivity contribution < 1.29 is 14.2 Å². The van der Waals surface area contributed by atoms with Gasteiger partial charge in [0, 0.05) is 33.4 Å². The van der Waals surface area contributed by atoms with Crippen LogP contribution in [0.25, 0.3) is 0 Å². The van der Waals surface area contributed by atoms with Gasteiger partial charge < -0.3 is 25.0 Å². The molecule has 0 aromatic carbocycles. The second-order valence-corrected chi connectivity index (χ2v) is 4.02. The van der Waals surface area contributed by atoms with Gasteiger partial charge in [0.25, 0.3) is 0 Å². The zero-order valence-corrected chi connectivity index (χ0v) is 12.0. The molecular weight excluding hydrogens is 262 g/mol. The van der Waals surface area contributed by atoms with E-state index in [9.17, 15) is 0 Å². The Morgan fingerprint density at radius 3 is 2.60 bits per heavy atom. The quantitative estimate of drug-likeness (QED) is 0.304. The summed E-state index contributed by atoms with van der Waals surface area (Å²) in [5, 5.41) is 3.20. The molecule has 114 valence electrons. The standard InChI is InChI=1S/C12H23N5O3/c1-18-6-7-20-5-3-4-14-10-8-11(17-13)16-12(15-10)9-19-2/h8H,3-7,9,13H2,1-2H3,(H2,14,15,16,17). The minimum absolute atomic E-state index is 0.338.